The van der Waals surface area contributed by atoms with Crippen molar-refractivity contribution in [3.8, 4) is 5.75 Å². The highest BCUT2D eigenvalue weighted by atomic mass is 19.1. The Morgan fingerprint density at radius 1 is 1.39 bits per heavy atom. The molecule has 1 aromatic rings. The van der Waals surface area contributed by atoms with Gasteiger partial charge in [0.05, 0.1) is 0 Å². The molecule has 0 unspecified atom stereocenters. The van der Waals surface area contributed by atoms with Crippen LogP contribution >= 0.6 is 0 Å². The van der Waals surface area contributed by atoms with Crippen LogP contribution in [0.1, 0.15) is 26.7 Å². The van der Waals surface area contributed by atoms with Gasteiger partial charge in [0.15, 0.2) is 18.2 Å². The summed E-state index contributed by atoms with van der Waals surface area (Å²) in [6.07, 6.45) is 2.03. The molecule has 0 spiro atoms. The summed E-state index contributed by atoms with van der Waals surface area (Å²) in [6, 6.07) is 6.05. The Bertz CT molecular complexity index is 380. The first-order valence-electron chi connectivity index (χ1n) is 6.23. The molecule has 0 aliphatic carbocycles. The number of para-hydroxylation sites is 1. The molecule has 0 saturated carbocycles. The molecule has 0 atom stereocenters. The number of ether oxygens (including phenoxy) is 1. The molecule has 1 rings (SSSR count). The lowest BCUT2D eigenvalue weighted by Crippen LogP contribution is -2.29. The Hall–Kier alpha value is -1.58. The van der Waals surface area contributed by atoms with Crippen molar-refractivity contribution >= 4 is 5.91 Å². The van der Waals surface area contributed by atoms with E-state index in [9.17, 15) is 9.18 Å². The molecule has 0 radical (unpaired) electrons. The molecule has 0 aliphatic rings. The summed E-state index contributed by atoms with van der Waals surface area (Å²) in [5, 5.41) is 2.74. The molecular formula is C14H20FNO2. The van der Waals surface area contributed by atoms with Crippen molar-refractivity contribution in [1.82, 2.24) is 5.32 Å². The minimum Gasteiger partial charge on any atom is -0.481 e. The van der Waals surface area contributed by atoms with Crippen molar-refractivity contribution in [1.29, 1.82) is 0 Å². The van der Waals surface area contributed by atoms with Crippen LogP contribution < -0.4 is 10.1 Å². The summed E-state index contributed by atoms with van der Waals surface area (Å²) < 4.78 is 18.3. The van der Waals surface area contributed by atoms with E-state index in [-0.39, 0.29) is 18.3 Å². The summed E-state index contributed by atoms with van der Waals surface area (Å²) in [7, 11) is 0. The van der Waals surface area contributed by atoms with Crippen LogP contribution in [0.25, 0.3) is 0 Å². The van der Waals surface area contributed by atoms with Crippen LogP contribution in [-0.2, 0) is 4.79 Å². The fraction of sp³-hybridized carbons (Fsp3) is 0.500. The van der Waals surface area contributed by atoms with E-state index in [1.54, 1.807) is 12.1 Å². The van der Waals surface area contributed by atoms with E-state index in [0.717, 1.165) is 12.8 Å². The maximum Gasteiger partial charge on any atom is 0.257 e. The van der Waals surface area contributed by atoms with Crippen molar-refractivity contribution in [3.63, 3.8) is 0 Å². The quantitative estimate of drug-likeness (QED) is 0.759. The van der Waals surface area contributed by atoms with Crippen molar-refractivity contribution in [3.05, 3.63) is 30.1 Å². The van der Waals surface area contributed by atoms with Gasteiger partial charge in [0.2, 0.25) is 0 Å². The van der Waals surface area contributed by atoms with Gasteiger partial charge in [-0.3, -0.25) is 4.79 Å². The second kappa shape index (κ2) is 7.69. The highest BCUT2D eigenvalue weighted by molar-refractivity contribution is 5.77. The smallest absolute Gasteiger partial charge is 0.257 e. The zero-order valence-electron chi connectivity index (χ0n) is 10.9. The van der Waals surface area contributed by atoms with Gasteiger partial charge in [-0.15, -0.1) is 0 Å². The summed E-state index contributed by atoms with van der Waals surface area (Å²) in [4.78, 5) is 11.4. The minimum absolute atomic E-state index is 0.106. The number of nitrogens with one attached hydrogen (secondary N) is 1. The van der Waals surface area contributed by atoms with Crippen molar-refractivity contribution in [2.45, 2.75) is 26.7 Å². The summed E-state index contributed by atoms with van der Waals surface area (Å²) in [6.45, 7) is 4.77. The highest BCUT2D eigenvalue weighted by Crippen LogP contribution is 2.14. The van der Waals surface area contributed by atoms with Gasteiger partial charge in [-0.05, 0) is 30.9 Å². The van der Waals surface area contributed by atoms with Crippen molar-refractivity contribution in [2.75, 3.05) is 13.2 Å². The van der Waals surface area contributed by atoms with E-state index in [2.05, 4.69) is 19.2 Å². The van der Waals surface area contributed by atoms with Crippen molar-refractivity contribution < 1.29 is 13.9 Å². The van der Waals surface area contributed by atoms with Crippen LogP contribution in [0.15, 0.2) is 24.3 Å². The molecule has 0 bridgehead atoms. The Balaban J connectivity index is 2.19. The summed E-state index contributed by atoms with van der Waals surface area (Å²) in [5.41, 5.74) is 0. The number of benzene rings is 1. The molecular weight excluding hydrogens is 233 g/mol. The highest BCUT2D eigenvalue weighted by Gasteiger charge is 2.05. The maximum atomic E-state index is 13.2. The van der Waals surface area contributed by atoms with Crippen LogP contribution in [0.3, 0.4) is 0 Å². The normalized spacial score (nSPS) is 10.4. The maximum absolute atomic E-state index is 13.2. The third kappa shape index (κ3) is 5.66. The molecule has 3 nitrogen and oxygen atoms in total. The second-order valence-electron chi connectivity index (χ2n) is 4.61. The van der Waals surface area contributed by atoms with Gasteiger partial charge in [-0.1, -0.05) is 26.0 Å². The topological polar surface area (TPSA) is 38.3 Å². The molecule has 4 heteroatoms. The summed E-state index contributed by atoms with van der Waals surface area (Å²) in [5.74, 6) is 0.0681. The first-order chi connectivity index (χ1) is 8.59. The Kier molecular flexibility index (Phi) is 6.19. The zero-order valence-corrected chi connectivity index (χ0v) is 10.9. The summed E-state index contributed by atoms with van der Waals surface area (Å²) >= 11 is 0. The van der Waals surface area contributed by atoms with Gasteiger partial charge < -0.3 is 10.1 Å². The monoisotopic (exact) mass is 253 g/mol. The molecule has 1 amide bonds. The first kappa shape index (κ1) is 14.5. The second-order valence-corrected chi connectivity index (χ2v) is 4.61. The molecule has 1 aromatic carbocycles. The largest absolute Gasteiger partial charge is 0.481 e. The van der Waals surface area contributed by atoms with Gasteiger partial charge >= 0.3 is 0 Å². The number of amides is 1. The molecule has 100 valence electrons. The Morgan fingerprint density at radius 3 is 2.78 bits per heavy atom. The van der Waals surface area contributed by atoms with E-state index in [0.29, 0.717) is 12.5 Å². The predicted octanol–water partition coefficient (Wildman–Crippen LogP) is 2.76. The van der Waals surface area contributed by atoms with Gasteiger partial charge in [-0.25, -0.2) is 4.39 Å². The fourth-order valence-electron chi connectivity index (χ4n) is 1.49. The van der Waals surface area contributed by atoms with Gasteiger partial charge in [0, 0.05) is 6.54 Å². The lowest BCUT2D eigenvalue weighted by Gasteiger charge is -2.08. The van der Waals surface area contributed by atoms with E-state index in [4.69, 9.17) is 4.74 Å². The van der Waals surface area contributed by atoms with Crippen LogP contribution in [-0.4, -0.2) is 19.1 Å². The number of rotatable bonds is 7. The lowest BCUT2D eigenvalue weighted by molar-refractivity contribution is -0.123. The fourth-order valence-corrected chi connectivity index (χ4v) is 1.49. The lowest BCUT2D eigenvalue weighted by atomic mass is 10.1. The van der Waals surface area contributed by atoms with Crippen LogP contribution in [0.2, 0.25) is 0 Å². The first-order valence-corrected chi connectivity index (χ1v) is 6.23. The predicted molar refractivity (Wildman–Crippen MR) is 69.0 cm³/mol. The van der Waals surface area contributed by atoms with Crippen LogP contribution in [0.4, 0.5) is 4.39 Å². The van der Waals surface area contributed by atoms with E-state index >= 15 is 0 Å². The molecule has 0 heterocycles. The Labute approximate surface area is 107 Å². The van der Waals surface area contributed by atoms with Crippen molar-refractivity contribution in [2.24, 2.45) is 5.92 Å². The zero-order chi connectivity index (χ0) is 13.4. The average molecular weight is 253 g/mol. The Morgan fingerprint density at radius 2 is 2.11 bits per heavy atom. The number of carbonyl (C=O) groups excluding carboxylic acids is 1. The number of hydrogen-bond donors (Lipinski definition) is 1. The number of hydrogen-bond acceptors (Lipinski definition) is 2. The third-order valence-corrected chi connectivity index (χ3v) is 2.48. The molecule has 0 aliphatic heterocycles. The van der Waals surface area contributed by atoms with Crippen LogP contribution in [0.5, 0.6) is 5.75 Å². The molecule has 1 N–H and O–H groups in total. The standard InChI is InChI=1S/C14H20FNO2/c1-11(2)6-5-9-16-14(17)10-18-13-8-4-3-7-12(13)15/h3-4,7-8,11H,5-6,9-10H2,1-2H3,(H,16,17). The molecule has 18 heavy (non-hydrogen) atoms. The van der Waals surface area contributed by atoms with E-state index in [1.165, 1.54) is 12.1 Å². The average Bonchev–Trinajstić information content (AvgIpc) is 2.33. The minimum atomic E-state index is -0.454. The molecule has 0 saturated heterocycles. The molecule has 0 aromatic heterocycles. The van der Waals surface area contributed by atoms with E-state index < -0.39 is 5.82 Å². The number of carbonyl (C=O) groups is 1. The third-order valence-electron chi connectivity index (χ3n) is 2.48. The van der Waals surface area contributed by atoms with Crippen LogP contribution in [0, 0.1) is 11.7 Å². The van der Waals surface area contributed by atoms with Gasteiger partial charge in [0.25, 0.3) is 5.91 Å². The SMILES string of the molecule is CC(C)CCCNC(=O)COc1ccccc1F. The molecule has 0 fully saturated rings. The van der Waals surface area contributed by atoms with Gasteiger partial charge in [-0.2, -0.15) is 0 Å². The number of halogens is 1. The van der Waals surface area contributed by atoms with Gasteiger partial charge in [0.1, 0.15) is 0 Å². The van der Waals surface area contributed by atoms with E-state index in [1.807, 2.05) is 0 Å².